The molecule has 0 aliphatic heterocycles. The Balaban J connectivity index is 1.84. The van der Waals surface area contributed by atoms with E-state index in [1.54, 1.807) is 20.8 Å². The molecule has 2 aromatic rings. The summed E-state index contributed by atoms with van der Waals surface area (Å²) in [6.45, 7) is 4.88. The van der Waals surface area contributed by atoms with E-state index in [9.17, 15) is 31.2 Å². The number of rotatable bonds is 8. The number of alkyl halides is 2. The quantitative estimate of drug-likeness (QED) is 0.504. The molecule has 0 saturated heterocycles. The Kier molecular flexibility index (Phi) is 7.00. The van der Waals surface area contributed by atoms with Crippen LogP contribution in [0.4, 0.5) is 13.2 Å². The number of hydrogen-bond donors (Lipinski definition) is 3. The molecule has 0 radical (unpaired) electrons. The lowest BCUT2D eigenvalue weighted by atomic mass is 9.81. The van der Waals surface area contributed by atoms with Crippen molar-refractivity contribution in [1.82, 2.24) is 20.4 Å². The Hall–Kier alpha value is -2.67. The van der Waals surface area contributed by atoms with Crippen molar-refractivity contribution in [3.05, 3.63) is 29.7 Å². The Bertz CT molecular complexity index is 1200. The number of nitrogens with zero attached hydrogens (tertiary/aromatic N) is 2. The number of benzene rings is 1. The van der Waals surface area contributed by atoms with Crippen LogP contribution < -0.4 is 15.8 Å². The van der Waals surface area contributed by atoms with E-state index < -0.39 is 56.7 Å². The molecule has 0 spiro atoms. The third-order valence-electron chi connectivity index (χ3n) is 5.63. The van der Waals surface area contributed by atoms with Crippen molar-refractivity contribution >= 4 is 32.7 Å². The van der Waals surface area contributed by atoms with E-state index >= 15 is 0 Å². The van der Waals surface area contributed by atoms with E-state index in [2.05, 4.69) is 15.7 Å². The summed E-state index contributed by atoms with van der Waals surface area (Å²) in [5.41, 5.74) is -0.900. The zero-order valence-electron chi connectivity index (χ0n) is 19.1. The summed E-state index contributed by atoms with van der Waals surface area (Å²) >= 11 is 0. The van der Waals surface area contributed by atoms with Gasteiger partial charge in [-0.15, -0.1) is 0 Å². The first-order valence-electron chi connectivity index (χ1n) is 10.7. The van der Waals surface area contributed by atoms with E-state index in [0.29, 0.717) is 0 Å². The highest BCUT2D eigenvalue weighted by molar-refractivity contribution is 7.89. The van der Waals surface area contributed by atoms with Crippen LogP contribution in [0.15, 0.2) is 18.2 Å². The molecule has 2 amide bonds. The Labute approximate surface area is 195 Å². The molecule has 3 rings (SSSR count). The Morgan fingerprint density at radius 1 is 1.29 bits per heavy atom. The Morgan fingerprint density at radius 2 is 1.94 bits per heavy atom. The number of amides is 2. The molecule has 1 heterocycles. The summed E-state index contributed by atoms with van der Waals surface area (Å²) in [7, 11) is -3.78. The predicted molar refractivity (Wildman–Crippen MR) is 119 cm³/mol. The first-order valence-corrected chi connectivity index (χ1v) is 12.4. The molecule has 1 fully saturated rings. The highest BCUT2D eigenvalue weighted by Crippen LogP contribution is 2.43. The number of primary sulfonamides is 1. The van der Waals surface area contributed by atoms with Gasteiger partial charge in [-0.3, -0.25) is 14.3 Å². The maximum atomic E-state index is 14.6. The van der Waals surface area contributed by atoms with Crippen molar-refractivity contribution in [1.29, 1.82) is 0 Å². The fraction of sp³-hybridized carbons (Fsp3) is 0.571. The fourth-order valence-corrected chi connectivity index (χ4v) is 4.33. The van der Waals surface area contributed by atoms with Gasteiger partial charge in [0.15, 0.2) is 5.69 Å². The van der Waals surface area contributed by atoms with Crippen LogP contribution >= 0.6 is 0 Å². The zero-order valence-corrected chi connectivity index (χ0v) is 19.9. The van der Waals surface area contributed by atoms with Crippen LogP contribution in [0.3, 0.4) is 0 Å². The minimum Gasteiger partial charge on any atom is -0.353 e. The third kappa shape index (κ3) is 6.06. The molecule has 1 atom stereocenters. The number of nitrogens with one attached hydrogen (secondary N) is 2. The van der Waals surface area contributed by atoms with Crippen LogP contribution in [0.1, 0.15) is 44.1 Å². The molecule has 9 nitrogen and oxygen atoms in total. The molecule has 0 bridgehead atoms. The number of sulfonamides is 1. The van der Waals surface area contributed by atoms with Gasteiger partial charge in [-0.25, -0.2) is 26.7 Å². The number of aromatic nitrogens is 2. The second-order valence-corrected chi connectivity index (χ2v) is 11.5. The van der Waals surface area contributed by atoms with Crippen LogP contribution in [-0.2, 0) is 21.4 Å². The first kappa shape index (κ1) is 25.9. The molecule has 1 aliphatic carbocycles. The van der Waals surface area contributed by atoms with Crippen LogP contribution in [-0.4, -0.2) is 54.3 Å². The molecular formula is C21H28F3N5O4S. The van der Waals surface area contributed by atoms with Gasteiger partial charge in [-0.2, -0.15) is 5.10 Å². The van der Waals surface area contributed by atoms with Gasteiger partial charge >= 0.3 is 0 Å². The lowest BCUT2D eigenvalue weighted by molar-refractivity contribution is -0.125. The molecule has 1 aromatic heterocycles. The van der Waals surface area contributed by atoms with Crippen LogP contribution in [0.25, 0.3) is 10.9 Å². The molecular weight excluding hydrogens is 475 g/mol. The van der Waals surface area contributed by atoms with Gasteiger partial charge < -0.3 is 10.6 Å². The minimum atomic E-state index is -3.78. The fourth-order valence-electron chi connectivity index (χ4n) is 3.95. The topological polar surface area (TPSA) is 136 Å². The highest BCUT2D eigenvalue weighted by Gasteiger charge is 2.45. The van der Waals surface area contributed by atoms with Gasteiger partial charge in [-0.05, 0) is 17.4 Å². The minimum absolute atomic E-state index is 0.0211. The van der Waals surface area contributed by atoms with Crippen molar-refractivity contribution in [3.63, 3.8) is 0 Å². The molecule has 4 N–H and O–H groups in total. The Morgan fingerprint density at radius 3 is 2.50 bits per heavy atom. The lowest BCUT2D eigenvalue weighted by Crippen LogP contribution is -2.54. The number of carbonyl (C=O) groups excluding carboxylic acids is 2. The summed E-state index contributed by atoms with van der Waals surface area (Å²) in [6, 6.07) is 3.00. The smallest absolute Gasteiger partial charge is 0.273 e. The zero-order chi connectivity index (χ0) is 25.5. The number of fused-ring (bicyclic) bond motifs is 1. The van der Waals surface area contributed by atoms with E-state index in [0.717, 1.165) is 0 Å². The number of para-hydroxylation sites is 1. The van der Waals surface area contributed by atoms with Crippen molar-refractivity contribution in [2.24, 2.45) is 16.5 Å². The number of nitrogens with two attached hydrogens (primary N) is 1. The van der Waals surface area contributed by atoms with Gasteiger partial charge in [0, 0.05) is 31.3 Å². The van der Waals surface area contributed by atoms with E-state index in [1.165, 1.54) is 22.9 Å². The first-order chi connectivity index (χ1) is 15.6. The number of halogens is 3. The molecule has 188 valence electrons. The highest BCUT2D eigenvalue weighted by atomic mass is 32.2. The van der Waals surface area contributed by atoms with Gasteiger partial charge in [0.25, 0.3) is 5.91 Å². The molecule has 1 unspecified atom stereocenters. The second kappa shape index (κ2) is 9.17. The van der Waals surface area contributed by atoms with E-state index in [1.807, 2.05) is 0 Å². The number of carbonyl (C=O) groups is 2. The van der Waals surface area contributed by atoms with Crippen molar-refractivity contribution in [3.8, 4) is 0 Å². The van der Waals surface area contributed by atoms with Crippen LogP contribution in [0.5, 0.6) is 0 Å². The normalized spacial score (nSPS) is 17.3. The summed E-state index contributed by atoms with van der Waals surface area (Å²) in [5, 5.41) is 14.3. The van der Waals surface area contributed by atoms with Gasteiger partial charge in [0.2, 0.25) is 21.9 Å². The largest absolute Gasteiger partial charge is 0.353 e. The van der Waals surface area contributed by atoms with Crippen LogP contribution in [0, 0.1) is 17.2 Å². The number of hydrogen-bond acceptors (Lipinski definition) is 5. The summed E-state index contributed by atoms with van der Waals surface area (Å²) in [4.78, 5) is 25.8. The standard InChI is InChI=1S/C21H28F3N5O4S/c1-20(2,3)17(19(31)26-7-8-34(25,32)33)27-18(30)15-13-5-4-6-14(22)16(13)29(28-15)11-12-9-21(23,24)10-12/h4-6,12,17H,7-11H2,1-3H3,(H,26,31)(H,27,30)(H2,25,32,33). The average Bonchev–Trinajstić information content (AvgIpc) is 3.02. The summed E-state index contributed by atoms with van der Waals surface area (Å²) < 4.78 is 64.5. The third-order valence-corrected chi connectivity index (χ3v) is 6.40. The maximum absolute atomic E-state index is 14.6. The van der Waals surface area contributed by atoms with Crippen molar-refractivity contribution in [2.75, 3.05) is 12.3 Å². The second-order valence-electron chi connectivity index (χ2n) is 9.73. The van der Waals surface area contributed by atoms with Gasteiger partial charge in [0.05, 0.1) is 5.75 Å². The molecule has 1 saturated carbocycles. The summed E-state index contributed by atoms with van der Waals surface area (Å²) in [5.74, 6) is -5.66. The average molecular weight is 504 g/mol. The molecule has 1 aliphatic rings. The maximum Gasteiger partial charge on any atom is 0.273 e. The molecule has 34 heavy (non-hydrogen) atoms. The van der Waals surface area contributed by atoms with E-state index in [4.69, 9.17) is 5.14 Å². The lowest BCUT2D eigenvalue weighted by Gasteiger charge is -2.34. The SMILES string of the molecule is CC(C)(C)C(NC(=O)c1nn(CC2CC(F)(F)C2)c2c(F)cccc12)C(=O)NCCS(N)(=O)=O. The van der Waals surface area contributed by atoms with Gasteiger partial charge in [-0.1, -0.05) is 32.9 Å². The molecule has 13 heteroatoms. The van der Waals surface area contributed by atoms with Crippen molar-refractivity contribution in [2.45, 2.75) is 52.1 Å². The van der Waals surface area contributed by atoms with E-state index in [-0.39, 0.29) is 42.5 Å². The molecule has 1 aromatic carbocycles. The van der Waals surface area contributed by atoms with Crippen molar-refractivity contribution < 1.29 is 31.2 Å². The summed E-state index contributed by atoms with van der Waals surface area (Å²) in [6.07, 6.45) is -0.676. The predicted octanol–water partition coefficient (Wildman–Crippen LogP) is 1.77. The van der Waals surface area contributed by atoms with Gasteiger partial charge in [0.1, 0.15) is 17.4 Å². The van der Waals surface area contributed by atoms with Crippen LogP contribution in [0.2, 0.25) is 0 Å². The monoisotopic (exact) mass is 503 g/mol.